The van der Waals surface area contributed by atoms with Gasteiger partial charge in [-0.1, -0.05) is 34.1 Å². The smallest absolute Gasteiger partial charge is 0.303 e. The van der Waals surface area contributed by atoms with Crippen LogP contribution in [0.2, 0.25) is 0 Å². The number of nitrogens with two attached hydrogens (primary N) is 1. The van der Waals surface area contributed by atoms with Crippen molar-refractivity contribution in [1.29, 1.82) is 0 Å². The molecule has 0 aromatic carbocycles. The van der Waals surface area contributed by atoms with Crippen LogP contribution in [0.15, 0.2) is 0 Å². The third-order valence-electron chi connectivity index (χ3n) is 3.52. The zero-order chi connectivity index (χ0) is 15.7. The lowest BCUT2D eigenvalue weighted by Crippen LogP contribution is -2.43. The summed E-state index contributed by atoms with van der Waals surface area (Å²) in [5.74, 6) is -0.207. The van der Waals surface area contributed by atoms with Crippen LogP contribution in [-0.2, 0) is 9.59 Å². The number of carboxylic acid groups (broad SMARTS) is 1. The lowest BCUT2D eigenvalue weighted by Gasteiger charge is -2.21. The minimum atomic E-state index is -0.820. The van der Waals surface area contributed by atoms with Gasteiger partial charge < -0.3 is 16.2 Å². The van der Waals surface area contributed by atoms with E-state index in [2.05, 4.69) is 19.2 Å². The van der Waals surface area contributed by atoms with Crippen LogP contribution in [-0.4, -0.2) is 29.6 Å². The normalized spacial score (nSPS) is 15.7. The van der Waals surface area contributed by atoms with Crippen LogP contribution >= 0.6 is 0 Å². The van der Waals surface area contributed by atoms with Crippen molar-refractivity contribution in [2.24, 2.45) is 23.5 Å². The molecule has 0 fully saturated rings. The van der Waals surface area contributed by atoms with Crippen molar-refractivity contribution >= 4 is 11.9 Å². The highest BCUT2D eigenvalue weighted by Crippen LogP contribution is 2.17. The molecule has 0 saturated carbocycles. The SMILES string of the molecule is CC[C@@H](C)C[C@H](CNC(=O)[C@@H](N)CC(C)C)CC(=O)O. The Hall–Kier alpha value is -1.10. The maximum Gasteiger partial charge on any atom is 0.303 e. The molecule has 5 nitrogen and oxygen atoms in total. The molecular formula is C15H30N2O3. The molecule has 20 heavy (non-hydrogen) atoms. The van der Waals surface area contributed by atoms with E-state index in [0.29, 0.717) is 24.8 Å². The lowest BCUT2D eigenvalue weighted by molar-refractivity contribution is -0.138. The van der Waals surface area contributed by atoms with E-state index < -0.39 is 12.0 Å². The number of carbonyl (C=O) groups excluding carboxylic acids is 1. The van der Waals surface area contributed by atoms with Gasteiger partial charge in [0.15, 0.2) is 0 Å². The summed E-state index contributed by atoms with van der Waals surface area (Å²) in [5, 5.41) is 11.7. The first-order valence-electron chi connectivity index (χ1n) is 7.51. The van der Waals surface area contributed by atoms with E-state index in [1.807, 2.05) is 13.8 Å². The van der Waals surface area contributed by atoms with E-state index in [1.165, 1.54) is 0 Å². The fourth-order valence-electron chi connectivity index (χ4n) is 2.21. The molecule has 0 heterocycles. The van der Waals surface area contributed by atoms with E-state index in [0.717, 1.165) is 12.8 Å². The Morgan fingerprint density at radius 2 is 1.80 bits per heavy atom. The first-order chi connectivity index (χ1) is 9.26. The van der Waals surface area contributed by atoms with Crippen molar-refractivity contribution in [3.8, 4) is 0 Å². The third kappa shape index (κ3) is 8.91. The summed E-state index contributed by atoms with van der Waals surface area (Å²) >= 11 is 0. The number of carbonyl (C=O) groups is 2. The van der Waals surface area contributed by atoms with Gasteiger partial charge in [0.05, 0.1) is 6.04 Å². The largest absolute Gasteiger partial charge is 0.481 e. The fourth-order valence-corrected chi connectivity index (χ4v) is 2.21. The molecule has 0 spiro atoms. The minimum absolute atomic E-state index is 0.0300. The topological polar surface area (TPSA) is 92.4 Å². The maximum atomic E-state index is 11.8. The molecule has 4 N–H and O–H groups in total. The van der Waals surface area contributed by atoms with Crippen molar-refractivity contribution in [1.82, 2.24) is 5.32 Å². The second-order valence-corrected chi connectivity index (χ2v) is 6.19. The zero-order valence-electron chi connectivity index (χ0n) is 13.2. The molecular weight excluding hydrogens is 256 g/mol. The number of nitrogens with one attached hydrogen (secondary N) is 1. The summed E-state index contributed by atoms with van der Waals surface area (Å²) in [4.78, 5) is 22.7. The number of aliphatic carboxylic acids is 1. The Kier molecular flexibility index (Phi) is 9.21. The Morgan fingerprint density at radius 3 is 2.25 bits per heavy atom. The van der Waals surface area contributed by atoms with Crippen molar-refractivity contribution in [3.63, 3.8) is 0 Å². The molecule has 3 atom stereocenters. The molecule has 118 valence electrons. The summed E-state index contributed by atoms with van der Waals surface area (Å²) in [6, 6.07) is -0.510. The molecule has 0 unspecified atom stereocenters. The zero-order valence-corrected chi connectivity index (χ0v) is 13.2. The highest BCUT2D eigenvalue weighted by molar-refractivity contribution is 5.81. The molecule has 0 saturated heterocycles. The van der Waals surface area contributed by atoms with Crippen molar-refractivity contribution in [2.75, 3.05) is 6.54 Å². The number of carboxylic acids is 1. The predicted molar refractivity (Wildman–Crippen MR) is 80.3 cm³/mol. The minimum Gasteiger partial charge on any atom is -0.481 e. The predicted octanol–water partition coefficient (Wildman–Crippen LogP) is 2.00. The van der Waals surface area contributed by atoms with E-state index in [1.54, 1.807) is 0 Å². The summed E-state index contributed by atoms with van der Waals surface area (Å²) in [5.41, 5.74) is 5.80. The van der Waals surface area contributed by atoms with Crippen LogP contribution in [0, 0.1) is 17.8 Å². The molecule has 0 aromatic heterocycles. The van der Waals surface area contributed by atoms with E-state index >= 15 is 0 Å². The maximum absolute atomic E-state index is 11.8. The number of hydrogen-bond acceptors (Lipinski definition) is 3. The molecule has 1 amide bonds. The summed E-state index contributed by atoms with van der Waals surface area (Å²) in [6.45, 7) is 8.61. The quantitative estimate of drug-likeness (QED) is 0.572. The van der Waals surface area contributed by atoms with Gasteiger partial charge in [-0.15, -0.1) is 0 Å². The van der Waals surface area contributed by atoms with Gasteiger partial charge in [-0.25, -0.2) is 0 Å². The highest BCUT2D eigenvalue weighted by Gasteiger charge is 2.19. The molecule has 0 aliphatic carbocycles. The average Bonchev–Trinajstić information content (AvgIpc) is 2.33. The first-order valence-corrected chi connectivity index (χ1v) is 7.51. The van der Waals surface area contributed by atoms with Gasteiger partial charge in [-0.2, -0.15) is 0 Å². The summed E-state index contributed by atoms with van der Waals surface area (Å²) < 4.78 is 0. The average molecular weight is 286 g/mol. The van der Waals surface area contributed by atoms with Crippen LogP contribution in [0.4, 0.5) is 0 Å². The van der Waals surface area contributed by atoms with Gasteiger partial charge in [0.1, 0.15) is 0 Å². The second-order valence-electron chi connectivity index (χ2n) is 6.19. The Balaban J connectivity index is 4.29. The summed E-state index contributed by atoms with van der Waals surface area (Å²) in [7, 11) is 0. The molecule has 0 aliphatic rings. The standard InChI is InChI=1S/C15H30N2O3/c1-5-11(4)7-12(8-14(18)19)9-17-15(20)13(16)6-10(2)3/h10-13H,5-9,16H2,1-4H3,(H,17,20)(H,18,19)/t11-,12+,13+/m1/s1. The third-order valence-corrected chi connectivity index (χ3v) is 3.52. The van der Waals surface area contributed by atoms with Crippen molar-refractivity contribution in [2.45, 2.75) is 59.4 Å². The highest BCUT2D eigenvalue weighted by atomic mass is 16.4. The Labute approximate surface area is 122 Å². The van der Waals surface area contributed by atoms with Crippen LogP contribution < -0.4 is 11.1 Å². The van der Waals surface area contributed by atoms with Gasteiger partial charge in [0, 0.05) is 13.0 Å². The molecule has 0 bridgehead atoms. The lowest BCUT2D eigenvalue weighted by atomic mass is 9.91. The van der Waals surface area contributed by atoms with Gasteiger partial charge in [0.2, 0.25) is 5.91 Å². The van der Waals surface area contributed by atoms with Crippen LogP contribution in [0.3, 0.4) is 0 Å². The second kappa shape index (κ2) is 9.75. The monoisotopic (exact) mass is 286 g/mol. The van der Waals surface area contributed by atoms with Gasteiger partial charge in [-0.05, 0) is 30.6 Å². The molecule has 0 aliphatic heterocycles. The number of rotatable bonds is 10. The number of hydrogen-bond donors (Lipinski definition) is 3. The van der Waals surface area contributed by atoms with E-state index in [-0.39, 0.29) is 18.2 Å². The van der Waals surface area contributed by atoms with Gasteiger partial charge in [-0.3, -0.25) is 9.59 Å². The van der Waals surface area contributed by atoms with E-state index in [4.69, 9.17) is 10.8 Å². The molecule has 0 radical (unpaired) electrons. The Bertz CT molecular complexity index is 305. The molecule has 5 heteroatoms. The van der Waals surface area contributed by atoms with Crippen LogP contribution in [0.5, 0.6) is 0 Å². The number of amides is 1. The van der Waals surface area contributed by atoms with Crippen molar-refractivity contribution < 1.29 is 14.7 Å². The van der Waals surface area contributed by atoms with Crippen LogP contribution in [0.25, 0.3) is 0 Å². The molecule has 0 aromatic rings. The summed E-state index contributed by atoms with van der Waals surface area (Å²) in [6.07, 6.45) is 2.55. The van der Waals surface area contributed by atoms with E-state index in [9.17, 15) is 9.59 Å². The van der Waals surface area contributed by atoms with Gasteiger partial charge >= 0.3 is 5.97 Å². The fraction of sp³-hybridized carbons (Fsp3) is 0.867. The van der Waals surface area contributed by atoms with Crippen LogP contribution in [0.1, 0.15) is 53.4 Å². The van der Waals surface area contributed by atoms with Crippen molar-refractivity contribution in [3.05, 3.63) is 0 Å². The van der Waals surface area contributed by atoms with Gasteiger partial charge in [0.25, 0.3) is 0 Å². The Morgan fingerprint density at radius 1 is 1.20 bits per heavy atom. The first kappa shape index (κ1) is 18.9. The molecule has 0 rings (SSSR count).